The average Bonchev–Trinajstić information content (AvgIpc) is 3.01. The number of hydrogen-bond acceptors (Lipinski definition) is 6. The Bertz CT molecular complexity index is 823. The zero-order valence-corrected chi connectivity index (χ0v) is 16.9. The molecule has 0 unspecified atom stereocenters. The van der Waals surface area contributed by atoms with Crippen molar-refractivity contribution >= 4 is 5.71 Å². The number of methoxy groups -OCH3 is 2. The van der Waals surface area contributed by atoms with E-state index in [2.05, 4.69) is 24.1 Å². The lowest BCUT2D eigenvalue weighted by Gasteiger charge is -2.64. The molecule has 2 aliphatic carbocycles. The third-order valence-electron chi connectivity index (χ3n) is 7.40. The second kappa shape index (κ2) is 5.61. The van der Waals surface area contributed by atoms with Gasteiger partial charge in [0, 0.05) is 32.8 Å². The quantitative estimate of drug-likeness (QED) is 0.761. The topological polar surface area (TPSA) is 46.5 Å². The smallest absolute Gasteiger partial charge is 0.166 e. The lowest BCUT2D eigenvalue weighted by atomic mass is 9.48. The zero-order chi connectivity index (χ0) is 19.0. The number of piperidine rings is 1. The summed E-state index contributed by atoms with van der Waals surface area (Å²) in [5, 5.41) is 6.74. The summed E-state index contributed by atoms with van der Waals surface area (Å²) < 4.78 is 18.9. The minimum Gasteiger partial charge on any atom is -0.493 e. The summed E-state index contributed by atoms with van der Waals surface area (Å²) in [7, 11) is 9.81. The van der Waals surface area contributed by atoms with E-state index in [9.17, 15) is 0 Å². The van der Waals surface area contributed by atoms with Crippen molar-refractivity contribution in [2.75, 3.05) is 41.9 Å². The SMILES string of the molecule is COc1ccc2c3c1O[C@H]1/C(=N/N(C)C)CC[C@@]4(OC)[C@@H](C2)N(C)CC[C@]314. The van der Waals surface area contributed by atoms with Gasteiger partial charge < -0.3 is 24.1 Å². The summed E-state index contributed by atoms with van der Waals surface area (Å²) in [6, 6.07) is 4.64. The first-order valence-corrected chi connectivity index (χ1v) is 9.85. The maximum absolute atomic E-state index is 6.70. The molecule has 0 amide bonds. The first kappa shape index (κ1) is 17.3. The molecule has 2 fully saturated rings. The maximum atomic E-state index is 6.70. The zero-order valence-electron chi connectivity index (χ0n) is 16.9. The Hall–Kier alpha value is -1.79. The van der Waals surface area contributed by atoms with Crippen LogP contribution in [0.4, 0.5) is 0 Å². The second-order valence-electron chi connectivity index (χ2n) is 8.58. The first-order chi connectivity index (χ1) is 13.0. The van der Waals surface area contributed by atoms with Crippen molar-refractivity contribution < 1.29 is 14.2 Å². The lowest BCUT2D eigenvalue weighted by Crippen LogP contribution is -2.76. The molecule has 2 heterocycles. The molecule has 146 valence electrons. The largest absolute Gasteiger partial charge is 0.493 e. The van der Waals surface area contributed by atoms with Gasteiger partial charge in [0.15, 0.2) is 17.6 Å². The molecular weight excluding hydrogens is 342 g/mol. The number of benzene rings is 1. The molecule has 4 atom stereocenters. The van der Waals surface area contributed by atoms with E-state index < -0.39 is 0 Å². The fraction of sp³-hybridized carbons (Fsp3) is 0.667. The fourth-order valence-corrected chi connectivity index (χ4v) is 6.45. The highest BCUT2D eigenvalue weighted by molar-refractivity contribution is 5.94. The molecule has 0 aromatic heterocycles. The van der Waals surface area contributed by atoms with Gasteiger partial charge in [-0.25, -0.2) is 0 Å². The van der Waals surface area contributed by atoms with Gasteiger partial charge in [-0.3, -0.25) is 0 Å². The van der Waals surface area contributed by atoms with E-state index in [1.54, 1.807) is 7.11 Å². The van der Waals surface area contributed by atoms with Crippen molar-refractivity contribution in [3.05, 3.63) is 23.3 Å². The standard InChI is InChI=1S/C21H29N3O3/c1-23(2)22-14-8-9-21(26-5)16-12-13-6-7-15(25-4)18-17(13)20(21,19(14)27-18)10-11-24(16)3/h6-7,16,19H,8-12H2,1-5H3/b22-14+/t16-,19+,20+,21-/m1/s1. The highest BCUT2D eigenvalue weighted by Crippen LogP contribution is 2.65. The minimum absolute atomic E-state index is 0.0878. The van der Waals surface area contributed by atoms with Gasteiger partial charge in [-0.1, -0.05) is 6.07 Å². The molecule has 1 saturated carbocycles. The molecule has 27 heavy (non-hydrogen) atoms. The van der Waals surface area contributed by atoms with Gasteiger partial charge in [0.25, 0.3) is 0 Å². The molecule has 1 spiro atoms. The van der Waals surface area contributed by atoms with Crippen molar-refractivity contribution in [3.63, 3.8) is 0 Å². The highest BCUT2D eigenvalue weighted by atomic mass is 16.5. The van der Waals surface area contributed by atoms with E-state index in [0.29, 0.717) is 6.04 Å². The monoisotopic (exact) mass is 371 g/mol. The van der Waals surface area contributed by atoms with Crippen LogP contribution < -0.4 is 9.47 Å². The van der Waals surface area contributed by atoms with Crippen LogP contribution in [0.2, 0.25) is 0 Å². The van der Waals surface area contributed by atoms with Gasteiger partial charge in [-0.05, 0) is 50.9 Å². The van der Waals surface area contributed by atoms with Gasteiger partial charge in [-0.2, -0.15) is 5.10 Å². The van der Waals surface area contributed by atoms with Crippen LogP contribution in [0.1, 0.15) is 30.4 Å². The van der Waals surface area contributed by atoms with E-state index >= 15 is 0 Å². The van der Waals surface area contributed by atoms with E-state index in [1.165, 1.54) is 11.1 Å². The Morgan fingerprint density at radius 3 is 2.78 bits per heavy atom. The molecule has 1 aromatic carbocycles. The van der Waals surface area contributed by atoms with Crippen molar-refractivity contribution in [2.45, 2.75) is 48.8 Å². The number of rotatable bonds is 3. The molecule has 4 aliphatic rings. The van der Waals surface area contributed by atoms with Crippen LogP contribution in [0, 0.1) is 0 Å². The molecule has 6 heteroatoms. The van der Waals surface area contributed by atoms with Gasteiger partial charge in [0.05, 0.1) is 23.8 Å². The molecule has 2 bridgehead atoms. The summed E-state index contributed by atoms with van der Waals surface area (Å²) in [6.07, 6.45) is 3.79. The predicted octanol–water partition coefficient (Wildman–Crippen LogP) is 2.05. The summed E-state index contributed by atoms with van der Waals surface area (Å²) in [4.78, 5) is 2.49. The third kappa shape index (κ3) is 1.90. The summed E-state index contributed by atoms with van der Waals surface area (Å²) in [5.41, 5.74) is 3.39. The number of hydrogen-bond donors (Lipinski definition) is 0. The van der Waals surface area contributed by atoms with Gasteiger partial charge >= 0.3 is 0 Å². The summed E-state index contributed by atoms with van der Waals surface area (Å²) in [5.74, 6) is 1.74. The van der Waals surface area contributed by atoms with Crippen molar-refractivity contribution in [1.82, 2.24) is 9.91 Å². The van der Waals surface area contributed by atoms with Gasteiger partial charge in [-0.15, -0.1) is 0 Å². The van der Waals surface area contributed by atoms with Crippen LogP contribution >= 0.6 is 0 Å². The van der Waals surface area contributed by atoms with E-state index in [4.69, 9.17) is 19.3 Å². The Balaban J connectivity index is 1.82. The number of likely N-dealkylation sites (N-methyl/N-ethyl adjacent to an activating group) is 1. The van der Waals surface area contributed by atoms with Crippen LogP contribution in [0.3, 0.4) is 0 Å². The van der Waals surface area contributed by atoms with Crippen LogP contribution in [-0.4, -0.2) is 75.3 Å². The van der Waals surface area contributed by atoms with Crippen LogP contribution in [0.5, 0.6) is 11.5 Å². The maximum Gasteiger partial charge on any atom is 0.166 e. The fourth-order valence-electron chi connectivity index (χ4n) is 6.45. The number of ether oxygens (including phenoxy) is 3. The summed E-state index contributed by atoms with van der Waals surface area (Å²) >= 11 is 0. The average molecular weight is 371 g/mol. The van der Waals surface area contributed by atoms with Gasteiger partial charge in [0.1, 0.15) is 0 Å². The molecule has 1 aromatic rings. The van der Waals surface area contributed by atoms with E-state index in [-0.39, 0.29) is 17.1 Å². The molecule has 6 nitrogen and oxygen atoms in total. The molecule has 5 rings (SSSR count). The number of hydrazone groups is 1. The summed E-state index contributed by atoms with van der Waals surface area (Å²) in [6.45, 7) is 1.04. The Morgan fingerprint density at radius 1 is 1.26 bits per heavy atom. The Labute approximate surface area is 161 Å². The first-order valence-electron chi connectivity index (χ1n) is 9.85. The lowest BCUT2D eigenvalue weighted by molar-refractivity contribution is -0.180. The molecule has 1 saturated heterocycles. The second-order valence-corrected chi connectivity index (χ2v) is 8.58. The van der Waals surface area contributed by atoms with E-state index in [0.717, 1.165) is 49.4 Å². The van der Waals surface area contributed by atoms with Crippen molar-refractivity contribution in [1.29, 1.82) is 0 Å². The van der Waals surface area contributed by atoms with Crippen molar-refractivity contribution in [3.8, 4) is 11.5 Å². The van der Waals surface area contributed by atoms with Crippen molar-refractivity contribution in [2.24, 2.45) is 5.10 Å². The van der Waals surface area contributed by atoms with Crippen LogP contribution in [0.15, 0.2) is 17.2 Å². The minimum atomic E-state index is -0.249. The van der Waals surface area contributed by atoms with Crippen LogP contribution in [0.25, 0.3) is 0 Å². The highest BCUT2D eigenvalue weighted by Gasteiger charge is 2.73. The van der Waals surface area contributed by atoms with Crippen LogP contribution in [-0.2, 0) is 16.6 Å². The predicted molar refractivity (Wildman–Crippen MR) is 104 cm³/mol. The normalized spacial score (nSPS) is 37.7. The number of nitrogens with zero attached hydrogens (tertiary/aromatic N) is 3. The number of likely N-dealkylation sites (tertiary alicyclic amines) is 1. The Kier molecular flexibility index (Phi) is 3.60. The Morgan fingerprint density at radius 2 is 2.07 bits per heavy atom. The third-order valence-corrected chi connectivity index (χ3v) is 7.40. The molecular formula is C21H29N3O3. The molecule has 0 N–H and O–H groups in total. The molecule has 2 aliphatic heterocycles. The molecule has 0 radical (unpaired) electrons. The van der Waals surface area contributed by atoms with Gasteiger partial charge in [0.2, 0.25) is 0 Å². The van der Waals surface area contributed by atoms with E-state index in [1.807, 2.05) is 26.2 Å².